The average Bonchev–Trinajstić information content (AvgIpc) is 3.09. The molecule has 3 rings (SSSR count). The maximum absolute atomic E-state index is 4.73. The van der Waals surface area contributed by atoms with Crippen LogP contribution in [0.25, 0.3) is 10.7 Å². The first-order valence-electron chi connectivity index (χ1n) is 6.14. The molecule has 2 aromatic heterocycles. The van der Waals surface area contributed by atoms with Crippen molar-refractivity contribution in [2.75, 3.05) is 26.2 Å². The van der Waals surface area contributed by atoms with Crippen LogP contribution >= 0.6 is 22.7 Å². The van der Waals surface area contributed by atoms with Gasteiger partial charge in [0.1, 0.15) is 15.7 Å². The van der Waals surface area contributed by atoms with Gasteiger partial charge in [-0.15, -0.1) is 22.7 Å². The molecule has 96 valence electrons. The van der Waals surface area contributed by atoms with Gasteiger partial charge in [0.05, 0.1) is 6.04 Å². The van der Waals surface area contributed by atoms with E-state index in [0.717, 1.165) is 36.9 Å². The highest BCUT2D eigenvalue weighted by Gasteiger charge is 2.21. The molecule has 0 aliphatic carbocycles. The zero-order chi connectivity index (χ0) is 12.4. The van der Waals surface area contributed by atoms with E-state index in [1.165, 1.54) is 5.01 Å². The summed E-state index contributed by atoms with van der Waals surface area (Å²) in [7, 11) is 0. The van der Waals surface area contributed by atoms with Crippen molar-refractivity contribution < 1.29 is 0 Å². The monoisotopic (exact) mass is 280 g/mol. The number of rotatable bonds is 3. The zero-order valence-corrected chi connectivity index (χ0v) is 11.9. The molecule has 1 saturated heterocycles. The van der Waals surface area contributed by atoms with E-state index >= 15 is 0 Å². The topological polar surface area (TPSA) is 41.1 Å². The third-order valence-corrected chi connectivity index (χ3v) is 5.04. The summed E-state index contributed by atoms with van der Waals surface area (Å²) in [6.07, 6.45) is 1.83. The number of hydrogen-bond acceptors (Lipinski definition) is 6. The zero-order valence-electron chi connectivity index (χ0n) is 10.3. The maximum Gasteiger partial charge on any atom is 0.142 e. The maximum atomic E-state index is 4.73. The predicted molar refractivity (Wildman–Crippen MR) is 76.1 cm³/mol. The van der Waals surface area contributed by atoms with E-state index in [0.29, 0.717) is 6.04 Å². The summed E-state index contributed by atoms with van der Waals surface area (Å²) in [6.45, 7) is 6.61. The number of nitrogens with one attached hydrogen (secondary N) is 1. The second-order valence-corrected chi connectivity index (χ2v) is 6.15. The van der Waals surface area contributed by atoms with Crippen molar-refractivity contribution in [3.63, 3.8) is 0 Å². The molecule has 2 aromatic rings. The van der Waals surface area contributed by atoms with E-state index in [1.807, 2.05) is 11.6 Å². The lowest BCUT2D eigenvalue weighted by molar-refractivity contribution is 0.185. The molecule has 0 amide bonds. The highest BCUT2D eigenvalue weighted by Crippen LogP contribution is 2.29. The molecule has 6 heteroatoms. The third kappa shape index (κ3) is 2.47. The number of aromatic nitrogens is 2. The summed E-state index contributed by atoms with van der Waals surface area (Å²) in [6, 6.07) is 0.408. The van der Waals surface area contributed by atoms with E-state index in [1.54, 1.807) is 22.7 Å². The van der Waals surface area contributed by atoms with Crippen LogP contribution < -0.4 is 5.32 Å². The number of piperazine rings is 1. The van der Waals surface area contributed by atoms with Crippen molar-refractivity contribution in [1.82, 2.24) is 20.2 Å². The Morgan fingerprint density at radius 1 is 1.33 bits per heavy atom. The van der Waals surface area contributed by atoms with E-state index < -0.39 is 0 Å². The molecule has 1 atom stereocenters. The minimum Gasteiger partial charge on any atom is -0.314 e. The van der Waals surface area contributed by atoms with Gasteiger partial charge < -0.3 is 5.32 Å². The fourth-order valence-corrected chi connectivity index (χ4v) is 3.72. The summed E-state index contributed by atoms with van der Waals surface area (Å²) >= 11 is 3.39. The first-order valence-corrected chi connectivity index (χ1v) is 7.90. The fraction of sp³-hybridized carbons (Fsp3) is 0.500. The predicted octanol–water partition coefficient (Wildman–Crippen LogP) is 2.23. The van der Waals surface area contributed by atoms with Gasteiger partial charge in [-0.3, -0.25) is 4.90 Å². The van der Waals surface area contributed by atoms with Crippen LogP contribution in [0.3, 0.4) is 0 Å². The number of nitrogens with zero attached hydrogens (tertiary/aromatic N) is 3. The van der Waals surface area contributed by atoms with Crippen molar-refractivity contribution in [2.45, 2.75) is 13.0 Å². The summed E-state index contributed by atoms with van der Waals surface area (Å²) in [4.78, 5) is 11.5. The molecule has 18 heavy (non-hydrogen) atoms. The molecule has 4 nitrogen and oxygen atoms in total. The quantitative estimate of drug-likeness (QED) is 0.936. The minimum atomic E-state index is 0.408. The smallest absolute Gasteiger partial charge is 0.142 e. The summed E-state index contributed by atoms with van der Waals surface area (Å²) in [5.41, 5.74) is 1.02. The van der Waals surface area contributed by atoms with Crippen molar-refractivity contribution in [2.24, 2.45) is 0 Å². The lowest BCUT2D eigenvalue weighted by atomic mass is 10.2. The summed E-state index contributed by atoms with van der Waals surface area (Å²) in [5, 5.41) is 9.71. The minimum absolute atomic E-state index is 0.408. The largest absolute Gasteiger partial charge is 0.314 e. The Balaban J connectivity index is 1.76. The van der Waals surface area contributed by atoms with Crippen LogP contribution in [0.4, 0.5) is 0 Å². The van der Waals surface area contributed by atoms with Crippen molar-refractivity contribution in [3.8, 4) is 10.7 Å². The van der Waals surface area contributed by atoms with Gasteiger partial charge in [-0.05, 0) is 6.92 Å². The molecule has 0 radical (unpaired) electrons. The fourth-order valence-electron chi connectivity index (χ4n) is 2.15. The Kier molecular flexibility index (Phi) is 3.69. The standard InChI is InChI=1S/C12H16N4S2/c1-9(16-5-2-13-3-6-16)11-15-10(8-18-11)12-14-4-7-17-12/h4,7-9,13H,2-3,5-6H2,1H3. The molecular weight excluding hydrogens is 264 g/mol. The lowest BCUT2D eigenvalue weighted by Gasteiger charge is -2.31. The molecule has 0 aromatic carbocycles. The van der Waals surface area contributed by atoms with Gasteiger partial charge in [0.2, 0.25) is 0 Å². The van der Waals surface area contributed by atoms with E-state index in [9.17, 15) is 0 Å². The first kappa shape index (κ1) is 12.2. The van der Waals surface area contributed by atoms with Gasteiger partial charge >= 0.3 is 0 Å². The molecule has 0 saturated carbocycles. The van der Waals surface area contributed by atoms with Gasteiger partial charge in [0, 0.05) is 43.1 Å². The molecule has 1 unspecified atom stereocenters. The van der Waals surface area contributed by atoms with Crippen LogP contribution in [-0.2, 0) is 0 Å². The van der Waals surface area contributed by atoms with Crippen LogP contribution in [0.15, 0.2) is 17.0 Å². The highest BCUT2D eigenvalue weighted by atomic mass is 32.1. The lowest BCUT2D eigenvalue weighted by Crippen LogP contribution is -2.44. The van der Waals surface area contributed by atoms with Gasteiger partial charge in [0.15, 0.2) is 0 Å². The molecular formula is C12H16N4S2. The van der Waals surface area contributed by atoms with Gasteiger partial charge in [-0.25, -0.2) is 9.97 Å². The Labute approximate surface area is 115 Å². The Morgan fingerprint density at radius 3 is 2.89 bits per heavy atom. The molecule has 1 aliphatic rings. The van der Waals surface area contributed by atoms with E-state index in [-0.39, 0.29) is 0 Å². The molecule has 3 heterocycles. The van der Waals surface area contributed by atoms with Crippen molar-refractivity contribution in [3.05, 3.63) is 22.0 Å². The van der Waals surface area contributed by atoms with Crippen LogP contribution in [0.2, 0.25) is 0 Å². The number of thiazole rings is 2. The van der Waals surface area contributed by atoms with Gasteiger partial charge in [-0.2, -0.15) is 0 Å². The van der Waals surface area contributed by atoms with Gasteiger partial charge in [-0.1, -0.05) is 0 Å². The Bertz CT molecular complexity index is 488. The first-order chi connectivity index (χ1) is 8.84. The van der Waals surface area contributed by atoms with Crippen LogP contribution in [0.5, 0.6) is 0 Å². The van der Waals surface area contributed by atoms with Crippen LogP contribution in [0.1, 0.15) is 18.0 Å². The van der Waals surface area contributed by atoms with E-state index in [2.05, 4.69) is 27.5 Å². The Morgan fingerprint density at radius 2 is 2.17 bits per heavy atom. The second-order valence-electron chi connectivity index (χ2n) is 4.37. The number of hydrogen-bond donors (Lipinski definition) is 1. The summed E-state index contributed by atoms with van der Waals surface area (Å²) in [5.74, 6) is 0. The van der Waals surface area contributed by atoms with Gasteiger partial charge in [0.25, 0.3) is 0 Å². The van der Waals surface area contributed by atoms with Crippen LogP contribution in [-0.4, -0.2) is 41.0 Å². The molecule has 1 aliphatic heterocycles. The SMILES string of the molecule is CC(c1nc(-c2nccs2)cs1)N1CCNCC1. The van der Waals surface area contributed by atoms with Crippen molar-refractivity contribution >= 4 is 22.7 Å². The Hall–Kier alpha value is -0.820. The highest BCUT2D eigenvalue weighted by molar-refractivity contribution is 7.14. The second kappa shape index (κ2) is 5.44. The third-order valence-electron chi connectivity index (χ3n) is 3.23. The normalized spacial score (nSPS) is 18.9. The average molecular weight is 280 g/mol. The van der Waals surface area contributed by atoms with E-state index in [4.69, 9.17) is 4.98 Å². The summed E-state index contributed by atoms with van der Waals surface area (Å²) < 4.78 is 0. The van der Waals surface area contributed by atoms with Crippen molar-refractivity contribution in [1.29, 1.82) is 0 Å². The molecule has 1 fully saturated rings. The van der Waals surface area contributed by atoms with Crippen LogP contribution in [0, 0.1) is 0 Å². The molecule has 1 N–H and O–H groups in total. The molecule has 0 spiro atoms. The molecule has 0 bridgehead atoms.